The Balaban J connectivity index is 1.56. The molecule has 0 amide bonds. The monoisotopic (exact) mass is 363 g/mol. The normalized spacial score (nSPS) is 22.6. The van der Waals surface area contributed by atoms with E-state index in [0.29, 0.717) is 18.0 Å². The molecule has 0 radical (unpaired) electrons. The Morgan fingerprint density at radius 3 is 2.62 bits per heavy atom. The SMILES string of the molecule is CC(NC1CC(c2cccc(Cl)c2)C1)c1ccccc1Br. The molecule has 1 unspecified atom stereocenters. The van der Waals surface area contributed by atoms with Gasteiger partial charge in [0.1, 0.15) is 0 Å². The second-order valence-corrected chi connectivity index (χ2v) is 7.12. The van der Waals surface area contributed by atoms with Crippen LogP contribution in [0.25, 0.3) is 0 Å². The number of halogens is 2. The molecule has 3 rings (SSSR count). The van der Waals surface area contributed by atoms with Gasteiger partial charge in [-0.2, -0.15) is 0 Å². The summed E-state index contributed by atoms with van der Waals surface area (Å²) in [7, 11) is 0. The van der Waals surface area contributed by atoms with Crippen molar-refractivity contribution in [1.82, 2.24) is 5.32 Å². The fourth-order valence-electron chi connectivity index (χ4n) is 3.06. The Bertz CT molecular complexity index is 622. The van der Waals surface area contributed by atoms with E-state index >= 15 is 0 Å². The molecule has 1 saturated carbocycles. The van der Waals surface area contributed by atoms with Crippen LogP contribution in [0.5, 0.6) is 0 Å². The average molecular weight is 365 g/mol. The highest BCUT2D eigenvalue weighted by molar-refractivity contribution is 9.10. The maximum atomic E-state index is 6.07. The van der Waals surface area contributed by atoms with Crippen molar-refractivity contribution in [2.75, 3.05) is 0 Å². The van der Waals surface area contributed by atoms with Crippen molar-refractivity contribution in [2.24, 2.45) is 0 Å². The Hall–Kier alpha value is -0.830. The molecule has 1 aliphatic carbocycles. The highest BCUT2D eigenvalue weighted by Crippen LogP contribution is 2.39. The molecule has 1 N–H and O–H groups in total. The maximum absolute atomic E-state index is 6.07. The van der Waals surface area contributed by atoms with E-state index in [0.717, 1.165) is 5.02 Å². The van der Waals surface area contributed by atoms with E-state index in [9.17, 15) is 0 Å². The fraction of sp³-hybridized carbons (Fsp3) is 0.333. The second-order valence-electron chi connectivity index (χ2n) is 5.83. The molecule has 2 aromatic rings. The summed E-state index contributed by atoms with van der Waals surface area (Å²) >= 11 is 9.70. The molecule has 1 nitrogen and oxygen atoms in total. The Morgan fingerprint density at radius 2 is 1.90 bits per heavy atom. The lowest BCUT2D eigenvalue weighted by Crippen LogP contribution is -2.41. The van der Waals surface area contributed by atoms with Crippen LogP contribution in [0.1, 0.15) is 42.9 Å². The molecule has 3 heteroatoms. The zero-order valence-corrected chi connectivity index (χ0v) is 14.4. The van der Waals surface area contributed by atoms with Gasteiger partial charge in [0.2, 0.25) is 0 Å². The molecular formula is C18H19BrClN. The van der Waals surface area contributed by atoms with Crippen molar-refractivity contribution >= 4 is 27.5 Å². The standard InChI is InChI=1S/C18H19BrClN/c1-12(17-7-2-3-8-18(17)19)21-16-10-14(11-16)13-5-4-6-15(20)9-13/h2-9,12,14,16,21H,10-11H2,1H3. The summed E-state index contributed by atoms with van der Waals surface area (Å²) in [5.41, 5.74) is 2.69. The van der Waals surface area contributed by atoms with E-state index in [1.54, 1.807) is 0 Å². The fourth-order valence-corrected chi connectivity index (χ4v) is 3.88. The van der Waals surface area contributed by atoms with E-state index in [1.807, 2.05) is 12.1 Å². The van der Waals surface area contributed by atoms with Gasteiger partial charge < -0.3 is 5.32 Å². The first kappa shape index (κ1) is 15.1. The van der Waals surface area contributed by atoms with Crippen molar-refractivity contribution in [3.05, 3.63) is 69.2 Å². The highest BCUT2D eigenvalue weighted by atomic mass is 79.9. The maximum Gasteiger partial charge on any atom is 0.0408 e. The van der Waals surface area contributed by atoms with Gasteiger partial charge >= 0.3 is 0 Å². The number of hydrogen-bond acceptors (Lipinski definition) is 1. The van der Waals surface area contributed by atoms with Crippen molar-refractivity contribution in [3.8, 4) is 0 Å². The molecule has 0 spiro atoms. The topological polar surface area (TPSA) is 12.0 Å². The third-order valence-corrected chi connectivity index (χ3v) is 5.27. The molecule has 0 aromatic heterocycles. The van der Waals surface area contributed by atoms with Gasteiger partial charge in [-0.3, -0.25) is 0 Å². The Labute approximate surface area is 139 Å². The molecule has 21 heavy (non-hydrogen) atoms. The molecule has 1 aliphatic rings. The van der Waals surface area contributed by atoms with E-state index in [1.165, 1.54) is 28.4 Å². The molecule has 1 fully saturated rings. The summed E-state index contributed by atoms with van der Waals surface area (Å²) in [6.07, 6.45) is 2.38. The summed E-state index contributed by atoms with van der Waals surface area (Å²) in [5.74, 6) is 0.646. The van der Waals surface area contributed by atoms with Gasteiger partial charge in [-0.25, -0.2) is 0 Å². The smallest absolute Gasteiger partial charge is 0.0408 e. The predicted molar refractivity (Wildman–Crippen MR) is 92.9 cm³/mol. The first-order chi connectivity index (χ1) is 10.1. The van der Waals surface area contributed by atoms with Crippen LogP contribution < -0.4 is 5.32 Å². The average Bonchev–Trinajstić information content (AvgIpc) is 2.42. The van der Waals surface area contributed by atoms with Gasteiger partial charge in [-0.05, 0) is 55.0 Å². The number of hydrogen-bond donors (Lipinski definition) is 1. The first-order valence-electron chi connectivity index (χ1n) is 7.39. The van der Waals surface area contributed by atoms with E-state index in [-0.39, 0.29) is 0 Å². The van der Waals surface area contributed by atoms with E-state index in [4.69, 9.17) is 11.6 Å². The summed E-state index contributed by atoms with van der Waals surface area (Å²) in [6.45, 7) is 2.23. The van der Waals surface area contributed by atoms with Crippen LogP contribution in [0.2, 0.25) is 5.02 Å². The van der Waals surface area contributed by atoms with Gasteiger partial charge in [0, 0.05) is 21.6 Å². The van der Waals surface area contributed by atoms with E-state index in [2.05, 4.69) is 64.6 Å². The predicted octanol–water partition coefficient (Wildman–Crippen LogP) is 5.70. The van der Waals surface area contributed by atoms with E-state index < -0.39 is 0 Å². The molecule has 0 heterocycles. The summed E-state index contributed by atoms with van der Waals surface area (Å²) in [5, 5.41) is 4.56. The Morgan fingerprint density at radius 1 is 1.14 bits per heavy atom. The minimum atomic E-state index is 0.367. The Kier molecular flexibility index (Phi) is 4.68. The molecule has 0 bridgehead atoms. The van der Waals surface area contributed by atoms with Crippen LogP contribution in [-0.4, -0.2) is 6.04 Å². The van der Waals surface area contributed by atoms with Gasteiger partial charge in [-0.1, -0.05) is 57.9 Å². The van der Waals surface area contributed by atoms with Crippen LogP contribution >= 0.6 is 27.5 Å². The zero-order valence-electron chi connectivity index (χ0n) is 12.0. The third kappa shape index (κ3) is 3.50. The van der Waals surface area contributed by atoms with Crippen LogP contribution in [-0.2, 0) is 0 Å². The van der Waals surface area contributed by atoms with Gasteiger partial charge in [0.15, 0.2) is 0 Å². The second kappa shape index (κ2) is 6.51. The van der Waals surface area contributed by atoms with Gasteiger partial charge in [0.25, 0.3) is 0 Å². The van der Waals surface area contributed by atoms with Crippen molar-refractivity contribution in [2.45, 2.75) is 37.8 Å². The molecule has 2 aromatic carbocycles. The highest BCUT2D eigenvalue weighted by Gasteiger charge is 2.31. The van der Waals surface area contributed by atoms with Gasteiger partial charge in [0.05, 0.1) is 0 Å². The van der Waals surface area contributed by atoms with Crippen LogP contribution in [0.15, 0.2) is 53.0 Å². The van der Waals surface area contributed by atoms with Crippen LogP contribution in [0.3, 0.4) is 0 Å². The summed E-state index contributed by atoms with van der Waals surface area (Å²) < 4.78 is 1.18. The molecule has 0 saturated heterocycles. The van der Waals surface area contributed by atoms with Gasteiger partial charge in [-0.15, -0.1) is 0 Å². The summed E-state index contributed by atoms with van der Waals surface area (Å²) in [6, 6.07) is 17.6. The van der Waals surface area contributed by atoms with Crippen molar-refractivity contribution in [3.63, 3.8) is 0 Å². The third-order valence-electron chi connectivity index (χ3n) is 4.32. The lowest BCUT2D eigenvalue weighted by atomic mass is 9.75. The minimum Gasteiger partial charge on any atom is -0.307 e. The molecule has 1 atom stereocenters. The zero-order chi connectivity index (χ0) is 14.8. The number of nitrogens with one attached hydrogen (secondary N) is 1. The minimum absolute atomic E-state index is 0.367. The molecule has 0 aliphatic heterocycles. The molecular weight excluding hydrogens is 346 g/mol. The summed E-state index contributed by atoms with van der Waals surface area (Å²) in [4.78, 5) is 0. The first-order valence-corrected chi connectivity index (χ1v) is 8.56. The largest absolute Gasteiger partial charge is 0.307 e. The van der Waals surface area contributed by atoms with Crippen LogP contribution in [0.4, 0.5) is 0 Å². The number of rotatable bonds is 4. The quantitative estimate of drug-likeness (QED) is 0.734. The molecule has 110 valence electrons. The lowest BCUT2D eigenvalue weighted by molar-refractivity contribution is 0.270. The van der Waals surface area contributed by atoms with Crippen molar-refractivity contribution in [1.29, 1.82) is 0 Å². The number of benzene rings is 2. The van der Waals surface area contributed by atoms with Crippen molar-refractivity contribution < 1.29 is 0 Å². The van der Waals surface area contributed by atoms with Crippen LogP contribution in [0, 0.1) is 0 Å². The lowest BCUT2D eigenvalue weighted by Gasteiger charge is -2.38.